The molecule has 1 aromatic rings. The lowest BCUT2D eigenvalue weighted by atomic mass is 9.83. The average molecular weight is 425 g/mol. The van der Waals surface area contributed by atoms with Gasteiger partial charge in [0.15, 0.2) is 0 Å². The predicted molar refractivity (Wildman–Crippen MR) is 116 cm³/mol. The number of benzene rings is 1. The lowest BCUT2D eigenvalue weighted by molar-refractivity contribution is -0.136. The summed E-state index contributed by atoms with van der Waals surface area (Å²) in [4.78, 5) is 38.4. The first-order valence-corrected chi connectivity index (χ1v) is 11.7. The van der Waals surface area contributed by atoms with E-state index in [0.29, 0.717) is 25.1 Å². The number of fused-ring (bicyclic) bond motifs is 2. The number of nitrogens with zero attached hydrogens (tertiary/aromatic N) is 1. The second-order valence-electron chi connectivity index (χ2n) is 10.0. The Morgan fingerprint density at radius 1 is 1.13 bits per heavy atom. The van der Waals surface area contributed by atoms with Gasteiger partial charge in [-0.05, 0) is 60.3 Å². The fourth-order valence-corrected chi connectivity index (χ4v) is 6.51. The van der Waals surface area contributed by atoms with E-state index < -0.39 is 6.04 Å². The van der Waals surface area contributed by atoms with Crippen molar-refractivity contribution in [3.05, 3.63) is 34.9 Å². The summed E-state index contributed by atoms with van der Waals surface area (Å²) in [6, 6.07) is 5.25. The first-order valence-electron chi connectivity index (χ1n) is 11.7. The van der Waals surface area contributed by atoms with Gasteiger partial charge in [-0.15, -0.1) is 0 Å². The number of nitrogens with two attached hydrogens (primary N) is 1. The minimum atomic E-state index is -0.572. The van der Waals surface area contributed by atoms with E-state index in [-0.39, 0.29) is 29.6 Å². The molecule has 2 aliphatic heterocycles. The molecule has 3 atom stereocenters. The monoisotopic (exact) mass is 424 g/mol. The Morgan fingerprint density at radius 2 is 1.90 bits per heavy atom. The van der Waals surface area contributed by atoms with Gasteiger partial charge in [-0.1, -0.05) is 31.4 Å². The Labute approximate surface area is 183 Å². The highest BCUT2D eigenvalue weighted by Crippen LogP contribution is 2.52. The van der Waals surface area contributed by atoms with Crippen molar-refractivity contribution in [2.75, 3.05) is 13.1 Å². The lowest BCUT2D eigenvalue weighted by Crippen LogP contribution is -2.52. The van der Waals surface area contributed by atoms with Crippen LogP contribution in [0, 0.1) is 17.3 Å². The highest BCUT2D eigenvalue weighted by Gasteiger charge is 2.46. The zero-order chi connectivity index (χ0) is 21.6. The lowest BCUT2D eigenvalue weighted by Gasteiger charge is -2.30. The van der Waals surface area contributed by atoms with Crippen LogP contribution in [0.4, 0.5) is 0 Å². The fourth-order valence-electron chi connectivity index (χ4n) is 6.51. The molecule has 166 valence electrons. The molecule has 31 heavy (non-hydrogen) atoms. The van der Waals surface area contributed by atoms with Gasteiger partial charge >= 0.3 is 0 Å². The summed E-state index contributed by atoms with van der Waals surface area (Å²) in [5.41, 5.74) is 9.20. The van der Waals surface area contributed by atoms with E-state index >= 15 is 0 Å². The molecule has 0 aromatic heterocycles. The van der Waals surface area contributed by atoms with Crippen LogP contribution in [0.15, 0.2) is 18.2 Å². The summed E-state index contributed by atoms with van der Waals surface area (Å²) < 4.78 is 0. The number of amides is 3. The van der Waals surface area contributed by atoms with Gasteiger partial charge in [0.2, 0.25) is 11.8 Å². The van der Waals surface area contributed by atoms with Crippen molar-refractivity contribution in [2.45, 2.75) is 64.1 Å². The molecule has 0 bridgehead atoms. The summed E-state index contributed by atoms with van der Waals surface area (Å²) in [5.74, 6) is 0.958. The van der Waals surface area contributed by atoms with Crippen LogP contribution in [0.2, 0.25) is 0 Å². The van der Waals surface area contributed by atoms with Crippen molar-refractivity contribution >= 4 is 17.7 Å². The molecule has 5 rings (SSSR count). The van der Waals surface area contributed by atoms with Crippen molar-refractivity contribution in [3.63, 3.8) is 0 Å². The first kappa shape index (κ1) is 20.6. The minimum absolute atomic E-state index is 0.117. The molecule has 0 spiro atoms. The van der Waals surface area contributed by atoms with Gasteiger partial charge in [0.25, 0.3) is 5.91 Å². The Morgan fingerprint density at radius 3 is 2.61 bits per heavy atom. The van der Waals surface area contributed by atoms with Crippen LogP contribution >= 0.6 is 0 Å². The Bertz CT molecular complexity index is 902. The van der Waals surface area contributed by atoms with Crippen LogP contribution < -0.4 is 16.4 Å². The number of carbonyl (C=O) groups excluding carboxylic acids is 3. The van der Waals surface area contributed by atoms with Gasteiger partial charge in [0.05, 0.1) is 0 Å². The fraction of sp³-hybridized carbons (Fsp3) is 0.625. The standard InChI is InChI=1S/C24H32N4O3/c25-13-24(9-15-3-1-4-16(15)10-24)14-26-11-17-5-2-6-18-19(17)12-28(23(18)31)20-7-8-21(29)27-22(20)30/h2,5-6,15-16,20,26H,1,3-4,7-14,25H2,(H,27,29,30). The van der Waals surface area contributed by atoms with Gasteiger partial charge < -0.3 is 16.0 Å². The number of rotatable bonds is 6. The van der Waals surface area contributed by atoms with Crippen LogP contribution in [-0.2, 0) is 22.7 Å². The molecule has 0 radical (unpaired) electrons. The summed E-state index contributed by atoms with van der Waals surface area (Å²) in [7, 11) is 0. The smallest absolute Gasteiger partial charge is 0.255 e. The zero-order valence-corrected chi connectivity index (χ0v) is 18.0. The maximum absolute atomic E-state index is 13.0. The Hall–Kier alpha value is -2.25. The number of nitrogens with one attached hydrogen (secondary N) is 2. The Balaban J connectivity index is 1.25. The second-order valence-corrected chi connectivity index (χ2v) is 10.0. The van der Waals surface area contributed by atoms with Crippen molar-refractivity contribution < 1.29 is 14.4 Å². The molecule has 4 N–H and O–H groups in total. The molecule has 7 nitrogen and oxygen atoms in total. The molecule has 1 aromatic carbocycles. The molecular weight excluding hydrogens is 392 g/mol. The average Bonchev–Trinajstić information content (AvgIpc) is 3.41. The number of piperidine rings is 1. The maximum atomic E-state index is 13.0. The summed E-state index contributed by atoms with van der Waals surface area (Å²) in [6.07, 6.45) is 7.21. The molecule has 3 fully saturated rings. The molecule has 4 aliphatic rings. The third-order valence-corrected chi connectivity index (χ3v) is 8.13. The predicted octanol–water partition coefficient (Wildman–Crippen LogP) is 1.69. The molecule has 2 aliphatic carbocycles. The van der Waals surface area contributed by atoms with Gasteiger partial charge in [0.1, 0.15) is 6.04 Å². The summed E-state index contributed by atoms with van der Waals surface area (Å²) in [5, 5.41) is 6.01. The number of carbonyl (C=O) groups is 3. The normalized spacial score (nSPS) is 32.4. The quantitative estimate of drug-likeness (QED) is 0.603. The third kappa shape index (κ3) is 3.68. The van der Waals surface area contributed by atoms with Crippen molar-refractivity contribution in [1.82, 2.24) is 15.5 Å². The van der Waals surface area contributed by atoms with E-state index in [9.17, 15) is 14.4 Å². The van der Waals surface area contributed by atoms with E-state index in [1.54, 1.807) is 4.90 Å². The second kappa shape index (κ2) is 8.02. The zero-order valence-electron chi connectivity index (χ0n) is 18.0. The van der Waals surface area contributed by atoms with Crippen LogP contribution in [0.5, 0.6) is 0 Å². The van der Waals surface area contributed by atoms with Crippen LogP contribution in [0.25, 0.3) is 0 Å². The first-order chi connectivity index (χ1) is 15.0. The van der Waals surface area contributed by atoms with Crippen molar-refractivity contribution in [2.24, 2.45) is 23.0 Å². The highest BCUT2D eigenvalue weighted by molar-refractivity contribution is 6.05. The van der Waals surface area contributed by atoms with Crippen molar-refractivity contribution in [1.29, 1.82) is 0 Å². The topological polar surface area (TPSA) is 105 Å². The summed E-state index contributed by atoms with van der Waals surface area (Å²) >= 11 is 0. The van der Waals surface area contributed by atoms with Gasteiger partial charge in [-0.25, -0.2) is 0 Å². The van der Waals surface area contributed by atoms with E-state index in [2.05, 4.69) is 16.7 Å². The molecule has 2 heterocycles. The maximum Gasteiger partial charge on any atom is 0.255 e. The Kier molecular flexibility index (Phi) is 5.34. The van der Waals surface area contributed by atoms with E-state index in [4.69, 9.17) is 5.73 Å². The van der Waals surface area contributed by atoms with Gasteiger partial charge in [-0.2, -0.15) is 0 Å². The minimum Gasteiger partial charge on any atom is -0.330 e. The van der Waals surface area contributed by atoms with Crippen LogP contribution in [0.1, 0.15) is 66.4 Å². The number of imide groups is 1. The van der Waals surface area contributed by atoms with Crippen LogP contribution in [0.3, 0.4) is 0 Å². The molecule has 3 amide bonds. The van der Waals surface area contributed by atoms with E-state index in [0.717, 1.165) is 36.1 Å². The number of hydrogen-bond acceptors (Lipinski definition) is 5. The molecular formula is C24H32N4O3. The van der Waals surface area contributed by atoms with E-state index in [1.165, 1.54) is 32.1 Å². The number of hydrogen-bond donors (Lipinski definition) is 3. The SMILES string of the molecule is NCC1(CNCc2cccc3c2CN(C2CCC(=O)NC2=O)C3=O)CC2CCCC2C1. The summed E-state index contributed by atoms with van der Waals surface area (Å²) in [6.45, 7) is 2.74. The third-order valence-electron chi connectivity index (χ3n) is 8.13. The molecule has 7 heteroatoms. The van der Waals surface area contributed by atoms with Gasteiger partial charge in [0, 0.05) is 31.6 Å². The molecule has 1 saturated heterocycles. The molecule has 3 unspecified atom stereocenters. The molecule has 2 saturated carbocycles. The largest absolute Gasteiger partial charge is 0.330 e. The van der Waals surface area contributed by atoms with Crippen LogP contribution in [-0.4, -0.2) is 41.8 Å². The van der Waals surface area contributed by atoms with E-state index in [1.807, 2.05) is 12.1 Å². The van der Waals surface area contributed by atoms with Crippen molar-refractivity contribution in [3.8, 4) is 0 Å². The van der Waals surface area contributed by atoms with Gasteiger partial charge in [-0.3, -0.25) is 19.7 Å². The highest BCUT2D eigenvalue weighted by atomic mass is 16.2.